The van der Waals surface area contributed by atoms with E-state index < -0.39 is 0 Å². The minimum atomic E-state index is -0.0985. The molecule has 1 fully saturated rings. The lowest BCUT2D eigenvalue weighted by Crippen LogP contribution is -2.40. The third kappa shape index (κ3) is 4.33. The molecule has 6 nitrogen and oxygen atoms in total. The Balaban J connectivity index is 1.54. The van der Waals surface area contributed by atoms with Gasteiger partial charge in [-0.25, -0.2) is 4.98 Å². The lowest BCUT2D eigenvalue weighted by atomic mass is 10.2. The number of hydrogen-bond donors (Lipinski definition) is 2. The van der Waals surface area contributed by atoms with Crippen LogP contribution in [0.4, 0.5) is 0 Å². The summed E-state index contributed by atoms with van der Waals surface area (Å²) in [5.74, 6) is 0.0854. The van der Waals surface area contributed by atoms with Gasteiger partial charge in [0.05, 0.1) is 18.5 Å². The van der Waals surface area contributed by atoms with Crippen LogP contribution in [-0.2, 0) is 16.1 Å². The van der Waals surface area contributed by atoms with E-state index in [1.54, 1.807) is 13.3 Å². The second-order valence-corrected chi connectivity index (χ2v) is 4.85. The summed E-state index contributed by atoms with van der Waals surface area (Å²) in [6.07, 6.45) is 8.48. The minimum absolute atomic E-state index is 0.0854. The summed E-state index contributed by atoms with van der Waals surface area (Å²) in [6.45, 7) is 2.43. The van der Waals surface area contributed by atoms with E-state index in [-0.39, 0.29) is 18.1 Å². The average molecular weight is 266 g/mol. The van der Waals surface area contributed by atoms with Crippen LogP contribution in [0.15, 0.2) is 18.7 Å². The van der Waals surface area contributed by atoms with Crippen LogP contribution in [0.5, 0.6) is 0 Å². The van der Waals surface area contributed by atoms with Crippen molar-refractivity contribution in [2.75, 3.05) is 20.2 Å². The van der Waals surface area contributed by atoms with Gasteiger partial charge >= 0.3 is 0 Å². The van der Waals surface area contributed by atoms with Gasteiger partial charge in [-0.15, -0.1) is 0 Å². The van der Waals surface area contributed by atoms with Gasteiger partial charge < -0.3 is 19.9 Å². The number of amides is 1. The summed E-state index contributed by atoms with van der Waals surface area (Å²) < 4.78 is 7.27. The van der Waals surface area contributed by atoms with E-state index in [0.717, 1.165) is 38.9 Å². The third-order valence-electron chi connectivity index (χ3n) is 3.44. The highest BCUT2D eigenvalue weighted by molar-refractivity contribution is 5.82. The molecule has 0 radical (unpaired) electrons. The Hall–Kier alpha value is -1.40. The van der Waals surface area contributed by atoms with Crippen LogP contribution < -0.4 is 10.6 Å². The molecular formula is C13H22N4O2. The van der Waals surface area contributed by atoms with E-state index in [1.807, 2.05) is 17.1 Å². The van der Waals surface area contributed by atoms with E-state index in [2.05, 4.69) is 15.6 Å². The highest BCUT2D eigenvalue weighted by atomic mass is 16.5. The van der Waals surface area contributed by atoms with Gasteiger partial charge in [-0.05, 0) is 19.3 Å². The molecule has 1 saturated heterocycles. The fraction of sp³-hybridized carbons (Fsp3) is 0.692. The fourth-order valence-electron chi connectivity index (χ4n) is 2.26. The molecular weight excluding hydrogens is 244 g/mol. The SMILES string of the molecule is COC1CNC(C(=O)NCCCCn2ccnc2)C1. The van der Waals surface area contributed by atoms with E-state index in [1.165, 1.54) is 0 Å². The third-order valence-corrected chi connectivity index (χ3v) is 3.44. The van der Waals surface area contributed by atoms with Crippen LogP contribution in [-0.4, -0.2) is 47.8 Å². The first-order valence-corrected chi connectivity index (χ1v) is 6.79. The van der Waals surface area contributed by atoms with Crippen LogP contribution in [0.1, 0.15) is 19.3 Å². The summed E-state index contributed by atoms with van der Waals surface area (Å²) in [5, 5.41) is 6.14. The van der Waals surface area contributed by atoms with Crippen molar-refractivity contribution in [3.8, 4) is 0 Å². The standard InChI is InChI=1S/C13H22N4O2/c1-19-11-8-12(16-9-11)13(18)15-4-2-3-6-17-7-5-14-10-17/h5,7,10-12,16H,2-4,6,8-9H2,1H3,(H,15,18). The van der Waals surface area contributed by atoms with Crippen LogP contribution in [0, 0.1) is 0 Å². The van der Waals surface area contributed by atoms with Crippen molar-refractivity contribution in [2.24, 2.45) is 0 Å². The summed E-state index contributed by atoms with van der Waals surface area (Å²) in [7, 11) is 1.68. The maximum Gasteiger partial charge on any atom is 0.237 e. The quantitative estimate of drug-likeness (QED) is 0.690. The minimum Gasteiger partial charge on any atom is -0.380 e. The number of ether oxygens (including phenoxy) is 1. The number of aromatic nitrogens is 2. The first-order valence-electron chi connectivity index (χ1n) is 6.79. The Morgan fingerprint density at radius 1 is 1.58 bits per heavy atom. The number of nitrogens with zero attached hydrogens (tertiary/aromatic N) is 2. The Kier molecular flexibility index (Phi) is 5.35. The molecule has 0 spiro atoms. The smallest absolute Gasteiger partial charge is 0.237 e. The molecule has 2 unspecified atom stereocenters. The number of hydrogen-bond acceptors (Lipinski definition) is 4. The zero-order valence-electron chi connectivity index (χ0n) is 11.3. The Bertz CT molecular complexity index is 380. The van der Waals surface area contributed by atoms with Gasteiger partial charge in [-0.1, -0.05) is 0 Å². The van der Waals surface area contributed by atoms with E-state index in [4.69, 9.17) is 4.74 Å². The lowest BCUT2D eigenvalue weighted by molar-refractivity contribution is -0.122. The topological polar surface area (TPSA) is 68.2 Å². The number of unbranched alkanes of at least 4 members (excludes halogenated alkanes) is 1. The second-order valence-electron chi connectivity index (χ2n) is 4.85. The van der Waals surface area contributed by atoms with Crippen LogP contribution >= 0.6 is 0 Å². The molecule has 2 rings (SSSR count). The number of imidazole rings is 1. The van der Waals surface area contributed by atoms with Gasteiger partial charge in [0.2, 0.25) is 5.91 Å². The molecule has 1 aromatic rings. The molecule has 1 aromatic heterocycles. The first-order chi connectivity index (χ1) is 9.29. The summed E-state index contributed by atoms with van der Waals surface area (Å²) in [4.78, 5) is 15.8. The van der Waals surface area contributed by atoms with E-state index >= 15 is 0 Å². The zero-order valence-corrected chi connectivity index (χ0v) is 11.3. The normalized spacial score (nSPS) is 22.6. The molecule has 2 N–H and O–H groups in total. The monoisotopic (exact) mass is 266 g/mol. The molecule has 0 aromatic carbocycles. The van der Waals surface area contributed by atoms with Gasteiger partial charge in [-0.3, -0.25) is 4.79 Å². The molecule has 0 saturated carbocycles. The van der Waals surface area contributed by atoms with Gasteiger partial charge in [0.1, 0.15) is 0 Å². The Morgan fingerprint density at radius 3 is 3.16 bits per heavy atom. The molecule has 106 valence electrons. The van der Waals surface area contributed by atoms with Crippen LogP contribution in [0.2, 0.25) is 0 Å². The summed E-state index contributed by atoms with van der Waals surface area (Å²) in [5.41, 5.74) is 0. The van der Waals surface area contributed by atoms with Crippen molar-refractivity contribution in [3.63, 3.8) is 0 Å². The van der Waals surface area contributed by atoms with Crippen LogP contribution in [0.25, 0.3) is 0 Å². The fourth-order valence-corrected chi connectivity index (χ4v) is 2.26. The predicted molar refractivity (Wildman–Crippen MR) is 71.7 cm³/mol. The molecule has 0 bridgehead atoms. The second kappa shape index (κ2) is 7.25. The average Bonchev–Trinajstić information content (AvgIpc) is 3.09. The largest absolute Gasteiger partial charge is 0.380 e. The van der Waals surface area contributed by atoms with Crippen molar-refractivity contribution in [1.82, 2.24) is 20.2 Å². The molecule has 2 atom stereocenters. The number of aryl methyl sites for hydroxylation is 1. The van der Waals surface area contributed by atoms with Gasteiger partial charge in [0, 0.05) is 39.1 Å². The number of methoxy groups -OCH3 is 1. The molecule has 6 heteroatoms. The number of carbonyl (C=O) groups excluding carboxylic acids is 1. The molecule has 1 amide bonds. The van der Waals surface area contributed by atoms with Crippen molar-refractivity contribution in [3.05, 3.63) is 18.7 Å². The maximum absolute atomic E-state index is 11.9. The predicted octanol–water partition coefficient (Wildman–Crippen LogP) is 0.156. The van der Waals surface area contributed by atoms with E-state index in [9.17, 15) is 4.79 Å². The molecule has 1 aliphatic rings. The van der Waals surface area contributed by atoms with Gasteiger partial charge in [0.25, 0.3) is 0 Å². The Labute approximate surface area is 113 Å². The lowest BCUT2D eigenvalue weighted by Gasteiger charge is -2.11. The Morgan fingerprint density at radius 2 is 2.47 bits per heavy atom. The number of carbonyl (C=O) groups is 1. The van der Waals surface area contributed by atoms with Gasteiger partial charge in [-0.2, -0.15) is 0 Å². The van der Waals surface area contributed by atoms with Gasteiger partial charge in [0.15, 0.2) is 0 Å². The summed E-state index contributed by atoms with van der Waals surface area (Å²) >= 11 is 0. The zero-order chi connectivity index (χ0) is 13.5. The molecule has 0 aliphatic carbocycles. The number of rotatable bonds is 7. The van der Waals surface area contributed by atoms with Crippen molar-refractivity contribution >= 4 is 5.91 Å². The first kappa shape index (κ1) is 14.0. The van der Waals surface area contributed by atoms with E-state index in [0.29, 0.717) is 0 Å². The summed E-state index contributed by atoms with van der Waals surface area (Å²) in [6, 6.07) is -0.0985. The van der Waals surface area contributed by atoms with Crippen LogP contribution in [0.3, 0.4) is 0 Å². The molecule has 19 heavy (non-hydrogen) atoms. The maximum atomic E-state index is 11.9. The number of nitrogens with one attached hydrogen (secondary N) is 2. The molecule has 1 aliphatic heterocycles. The van der Waals surface area contributed by atoms with Crippen molar-refractivity contribution in [1.29, 1.82) is 0 Å². The molecule has 2 heterocycles. The highest BCUT2D eigenvalue weighted by Gasteiger charge is 2.28. The highest BCUT2D eigenvalue weighted by Crippen LogP contribution is 2.09. The van der Waals surface area contributed by atoms with Crippen molar-refractivity contribution < 1.29 is 9.53 Å². The van der Waals surface area contributed by atoms with Crippen molar-refractivity contribution in [2.45, 2.75) is 38.0 Å².